The largest absolute Gasteiger partial charge is 0.491 e. The number of hydrogen-bond donors (Lipinski definition) is 3. The molecular formula is C17H26N2O5. The molecule has 0 radical (unpaired) electrons. The highest BCUT2D eigenvalue weighted by Crippen LogP contribution is 2.20. The van der Waals surface area contributed by atoms with Crippen LogP contribution in [0.3, 0.4) is 0 Å². The molecule has 0 spiro atoms. The molecule has 0 bridgehead atoms. The Balaban J connectivity index is 2.01. The van der Waals surface area contributed by atoms with Crippen LogP contribution in [0.15, 0.2) is 24.3 Å². The lowest BCUT2D eigenvalue weighted by Crippen LogP contribution is -2.47. The molecule has 1 heterocycles. The van der Waals surface area contributed by atoms with Crippen LogP contribution in [0, 0.1) is 0 Å². The fraction of sp³-hybridized carbons (Fsp3) is 0.588. The number of nitrogens with one attached hydrogen (secondary N) is 1. The van der Waals surface area contributed by atoms with Gasteiger partial charge in [0.25, 0.3) is 0 Å². The SMILES string of the molecule is CNC(=O)C[C@@]1(O)COCCN(Cc2cccc(OCCO)c2)C1. The molecular weight excluding hydrogens is 312 g/mol. The molecule has 0 saturated carbocycles. The van der Waals surface area contributed by atoms with Crippen molar-refractivity contribution in [2.45, 2.75) is 18.6 Å². The van der Waals surface area contributed by atoms with E-state index in [1.165, 1.54) is 0 Å². The Morgan fingerprint density at radius 1 is 1.50 bits per heavy atom. The minimum atomic E-state index is -1.19. The van der Waals surface area contributed by atoms with Crippen molar-refractivity contribution in [2.75, 3.05) is 46.6 Å². The maximum atomic E-state index is 11.6. The standard InChI is InChI=1S/C17H26N2O5/c1-18-16(21)10-17(22)12-19(5-7-23-13-17)11-14-3-2-4-15(9-14)24-8-6-20/h2-4,9,20,22H,5-8,10-13H2,1H3,(H,18,21)/t17-/m0/s1. The number of β-amino-alcohol motifs (C(OH)–C–C–N with tert-alkyl or cyclic N) is 1. The molecule has 0 aliphatic carbocycles. The van der Waals surface area contributed by atoms with E-state index in [2.05, 4.69) is 10.2 Å². The number of aliphatic hydroxyl groups is 2. The summed E-state index contributed by atoms with van der Waals surface area (Å²) in [6, 6.07) is 7.63. The molecule has 1 aromatic rings. The molecule has 1 aliphatic rings. The van der Waals surface area contributed by atoms with E-state index in [4.69, 9.17) is 14.6 Å². The maximum absolute atomic E-state index is 11.6. The van der Waals surface area contributed by atoms with E-state index >= 15 is 0 Å². The Hall–Kier alpha value is -1.67. The van der Waals surface area contributed by atoms with Crippen molar-refractivity contribution in [3.63, 3.8) is 0 Å². The van der Waals surface area contributed by atoms with Gasteiger partial charge in [-0.2, -0.15) is 0 Å². The van der Waals surface area contributed by atoms with Crippen molar-refractivity contribution in [3.05, 3.63) is 29.8 Å². The quantitative estimate of drug-likeness (QED) is 0.635. The Kier molecular flexibility index (Phi) is 6.99. The maximum Gasteiger partial charge on any atom is 0.222 e. The van der Waals surface area contributed by atoms with Crippen LogP contribution in [-0.4, -0.2) is 73.2 Å². The van der Waals surface area contributed by atoms with Gasteiger partial charge in [-0.25, -0.2) is 0 Å². The van der Waals surface area contributed by atoms with E-state index in [1.54, 1.807) is 7.05 Å². The molecule has 0 aromatic heterocycles. The molecule has 1 fully saturated rings. The predicted octanol–water partition coefficient (Wildman–Crippen LogP) is -0.243. The highest BCUT2D eigenvalue weighted by molar-refractivity contribution is 5.76. The third kappa shape index (κ3) is 5.76. The fourth-order valence-corrected chi connectivity index (χ4v) is 2.78. The zero-order valence-corrected chi connectivity index (χ0v) is 14.0. The monoisotopic (exact) mass is 338 g/mol. The third-order valence-electron chi connectivity index (χ3n) is 3.87. The first-order valence-electron chi connectivity index (χ1n) is 8.10. The summed E-state index contributed by atoms with van der Waals surface area (Å²) >= 11 is 0. The van der Waals surface area contributed by atoms with Crippen molar-refractivity contribution in [2.24, 2.45) is 0 Å². The first-order valence-corrected chi connectivity index (χ1v) is 8.10. The van der Waals surface area contributed by atoms with Crippen molar-refractivity contribution in [1.29, 1.82) is 0 Å². The highest BCUT2D eigenvalue weighted by Gasteiger charge is 2.34. The lowest BCUT2D eigenvalue weighted by molar-refractivity contribution is -0.128. The van der Waals surface area contributed by atoms with Gasteiger partial charge in [-0.3, -0.25) is 9.69 Å². The third-order valence-corrected chi connectivity index (χ3v) is 3.87. The molecule has 134 valence electrons. The van der Waals surface area contributed by atoms with Gasteiger partial charge in [-0.05, 0) is 17.7 Å². The second-order valence-electron chi connectivity index (χ2n) is 6.06. The first-order chi connectivity index (χ1) is 11.5. The highest BCUT2D eigenvalue weighted by atomic mass is 16.5. The van der Waals surface area contributed by atoms with E-state index in [1.807, 2.05) is 24.3 Å². The zero-order valence-electron chi connectivity index (χ0n) is 14.0. The molecule has 1 aliphatic heterocycles. The molecule has 3 N–H and O–H groups in total. The minimum absolute atomic E-state index is 0.0135. The number of amides is 1. The Labute approximate surface area is 142 Å². The molecule has 2 rings (SSSR count). The number of carbonyl (C=O) groups is 1. The molecule has 7 nitrogen and oxygen atoms in total. The number of ether oxygens (including phenoxy) is 2. The minimum Gasteiger partial charge on any atom is -0.491 e. The number of benzene rings is 1. The summed E-state index contributed by atoms with van der Waals surface area (Å²) in [5.74, 6) is 0.496. The summed E-state index contributed by atoms with van der Waals surface area (Å²) in [5, 5.41) is 22.1. The lowest BCUT2D eigenvalue weighted by atomic mass is 9.99. The molecule has 1 atom stereocenters. The van der Waals surface area contributed by atoms with E-state index in [9.17, 15) is 9.90 Å². The van der Waals surface area contributed by atoms with E-state index in [-0.39, 0.29) is 32.1 Å². The van der Waals surface area contributed by atoms with Crippen LogP contribution in [0.2, 0.25) is 0 Å². The van der Waals surface area contributed by atoms with Crippen molar-refractivity contribution in [1.82, 2.24) is 10.2 Å². The smallest absolute Gasteiger partial charge is 0.222 e. The summed E-state index contributed by atoms with van der Waals surface area (Å²) < 4.78 is 10.9. The van der Waals surface area contributed by atoms with Crippen LogP contribution in [-0.2, 0) is 16.1 Å². The van der Waals surface area contributed by atoms with Gasteiger partial charge >= 0.3 is 0 Å². The van der Waals surface area contributed by atoms with Gasteiger partial charge < -0.3 is 25.0 Å². The number of rotatable bonds is 7. The van der Waals surface area contributed by atoms with Gasteiger partial charge in [0, 0.05) is 26.7 Å². The second kappa shape index (κ2) is 8.98. The molecule has 24 heavy (non-hydrogen) atoms. The Morgan fingerprint density at radius 3 is 3.08 bits per heavy atom. The number of carbonyl (C=O) groups excluding carboxylic acids is 1. The predicted molar refractivity (Wildman–Crippen MR) is 88.8 cm³/mol. The summed E-state index contributed by atoms with van der Waals surface area (Å²) in [4.78, 5) is 13.7. The van der Waals surface area contributed by atoms with E-state index in [0.717, 1.165) is 5.56 Å². The molecule has 0 unspecified atom stereocenters. The topological polar surface area (TPSA) is 91.3 Å². The van der Waals surface area contributed by atoms with Gasteiger partial charge in [0.1, 0.15) is 18.0 Å². The van der Waals surface area contributed by atoms with Gasteiger partial charge in [0.2, 0.25) is 5.91 Å². The van der Waals surface area contributed by atoms with Crippen LogP contribution in [0.25, 0.3) is 0 Å². The average Bonchev–Trinajstić information content (AvgIpc) is 2.74. The molecule has 1 aromatic carbocycles. The molecule has 1 amide bonds. The van der Waals surface area contributed by atoms with Gasteiger partial charge in [0.15, 0.2) is 0 Å². The lowest BCUT2D eigenvalue weighted by Gasteiger charge is -2.30. The fourth-order valence-electron chi connectivity index (χ4n) is 2.78. The second-order valence-corrected chi connectivity index (χ2v) is 6.06. The summed E-state index contributed by atoms with van der Waals surface area (Å²) in [5.41, 5.74) is -0.156. The van der Waals surface area contributed by atoms with Crippen LogP contribution in [0.1, 0.15) is 12.0 Å². The number of hydrogen-bond acceptors (Lipinski definition) is 6. The van der Waals surface area contributed by atoms with E-state index in [0.29, 0.717) is 32.0 Å². The van der Waals surface area contributed by atoms with Gasteiger partial charge in [-0.1, -0.05) is 12.1 Å². The summed E-state index contributed by atoms with van der Waals surface area (Å²) in [6.45, 7) is 2.55. The van der Waals surface area contributed by atoms with Crippen LogP contribution in [0.4, 0.5) is 0 Å². The zero-order chi connectivity index (χ0) is 17.4. The number of nitrogens with zero attached hydrogens (tertiary/aromatic N) is 1. The normalized spacial score (nSPS) is 22.0. The van der Waals surface area contributed by atoms with Crippen molar-refractivity contribution in [3.8, 4) is 5.75 Å². The number of aliphatic hydroxyl groups excluding tert-OH is 1. The Morgan fingerprint density at radius 2 is 2.33 bits per heavy atom. The van der Waals surface area contributed by atoms with Gasteiger partial charge in [-0.15, -0.1) is 0 Å². The first kappa shape index (κ1) is 18.7. The summed E-state index contributed by atoms with van der Waals surface area (Å²) in [6.07, 6.45) is 0.0135. The van der Waals surface area contributed by atoms with Crippen LogP contribution < -0.4 is 10.1 Å². The van der Waals surface area contributed by atoms with Crippen LogP contribution in [0.5, 0.6) is 5.75 Å². The average molecular weight is 338 g/mol. The van der Waals surface area contributed by atoms with Crippen molar-refractivity contribution >= 4 is 5.91 Å². The van der Waals surface area contributed by atoms with E-state index < -0.39 is 5.60 Å². The van der Waals surface area contributed by atoms with Crippen LogP contribution >= 0.6 is 0 Å². The molecule has 1 saturated heterocycles. The summed E-state index contributed by atoms with van der Waals surface area (Å²) in [7, 11) is 1.55. The Bertz CT molecular complexity index is 539. The van der Waals surface area contributed by atoms with Crippen molar-refractivity contribution < 1.29 is 24.5 Å². The molecule has 7 heteroatoms. The van der Waals surface area contributed by atoms with Gasteiger partial charge in [0.05, 0.1) is 26.2 Å².